The number of hydrogen-bond donors (Lipinski definition) is 3. The van der Waals surface area contributed by atoms with Crippen LogP contribution in [-0.2, 0) is 9.53 Å². The van der Waals surface area contributed by atoms with Crippen molar-refractivity contribution in [3.8, 4) is 0 Å². The van der Waals surface area contributed by atoms with Crippen LogP contribution in [0, 0.1) is 40.4 Å². The summed E-state index contributed by atoms with van der Waals surface area (Å²) in [7, 11) is 1.45. The zero-order valence-corrected chi connectivity index (χ0v) is 17.4. The normalized spacial score (nSPS) is 55.1. The number of hydrogen-bond acceptors (Lipinski definition) is 6. The zero-order valence-electron chi connectivity index (χ0n) is 17.4. The Hall–Kier alpha value is -0.950. The molecule has 2 aliphatic heterocycles. The lowest BCUT2D eigenvalue weighted by Gasteiger charge is -2.70. The Balaban J connectivity index is 1.68. The van der Waals surface area contributed by atoms with Gasteiger partial charge in [0.15, 0.2) is 0 Å². The number of aliphatic hydroxyl groups excluding tert-OH is 2. The zero-order chi connectivity index (χ0) is 20.3. The third kappa shape index (κ3) is 1.73. The second-order valence-electron chi connectivity index (χ2n) is 10.8. The van der Waals surface area contributed by atoms with E-state index < -0.39 is 22.7 Å². The molecule has 0 aromatic carbocycles. The van der Waals surface area contributed by atoms with Crippen LogP contribution in [0.5, 0.6) is 0 Å². The fourth-order valence-electron chi connectivity index (χ4n) is 9.56. The minimum absolute atomic E-state index is 0.0392. The van der Waals surface area contributed by atoms with Gasteiger partial charge in [-0.3, -0.25) is 9.69 Å². The lowest BCUT2D eigenvalue weighted by atomic mass is 9.41. The van der Waals surface area contributed by atoms with Crippen LogP contribution in [-0.4, -0.2) is 64.8 Å². The molecule has 0 aromatic heterocycles. The number of methoxy groups -OCH3 is 1. The second kappa shape index (κ2) is 5.64. The first-order valence-corrected chi connectivity index (χ1v) is 11.4. The molecule has 4 bridgehead atoms. The van der Waals surface area contributed by atoms with Crippen molar-refractivity contribution in [2.45, 2.75) is 57.3 Å². The Morgan fingerprint density at radius 3 is 2.76 bits per heavy atom. The van der Waals surface area contributed by atoms with Gasteiger partial charge in [0.25, 0.3) is 0 Å². The predicted molar refractivity (Wildman–Crippen MR) is 104 cm³/mol. The standard InChI is InChI=1S/C23H33NO5/c1-12-9-24-10-14-5-3-13-4-6-15-16(20(27)29-2)8-22(19(13)15)21(14,11-25)18(26)7-17(12)23(22,24)28/h12,14-18,25-26,28H,3-11H2,1-2H3/t12-,14-,15+,16+,17+,18+,21+,22+,23+/m0/s1. The third-order valence-electron chi connectivity index (χ3n) is 10.4. The number of carbonyl (C=O) groups is 1. The van der Waals surface area contributed by atoms with Crippen LogP contribution in [0.1, 0.15) is 45.4 Å². The summed E-state index contributed by atoms with van der Waals surface area (Å²) in [5.41, 5.74) is -0.00197. The van der Waals surface area contributed by atoms with Gasteiger partial charge in [0.1, 0.15) is 5.72 Å². The Bertz CT molecular complexity index is 811. The first-order valence-electron chi connectivity index (χ1n) is 11.4. The minimum atomic E-state index is -1.10. The van der Waals surface area contributed by atoms with E-state index in [9.17, 15) is 20.1 Å². The number of rotatable bonds is 2. The summed E-state index contributed by atoms with van der Waals surface area (Å²) in [5.74, 6) is -0.0503. The van der Waals surface area contributed by atoms with Gasteiger partial charge in [-0.05, 0) is 56.3 Å². The number of ether oxygens (including phenoxy) is 1. The van der Waals surface area contributed by atoms with Crippen LogP contribution >= 0.6 is 0 Å². The van der Waals surface area contributed by atoms with Crippen molar-refractivity contribution >= 4 is 5.97 Å². The van der Waals surface area contributed by atoms with E-state index >= 15 is 0 Å². The predicted octanol–water partition coefficient (Wildman–Crippen LogP) is 1.30. The molecule has 6 nitrogen and oxygen atoms in total. The molecular weight excluding hydrogens is 370 g/mol. The van der Waals surface area contributed by atoms with Gasteiger partial charge in [0.05, 0.1) is 25.7 Å². The second-order valence-corrected chi connectivity index (χ2v) is 10.8. The topological polar surface area (TPSA) is 90.2 Å². The van der Waals surface area contributed by atoms with Crippen LogP contribution < -0.4 is 0 Å². The molecule has 4 fully saturated rings. The molecule has 9 atom stereocenters. The van der Waals surface area contributed by atoms with Crippen molar-refractivity contribution in [2.75, 3.05) is 26.8 Å². The van der Waals surface area contributed by atoms with Gasteiger partial charge in [0.2, 0.25) is 0 Å². The third-order valence-corrected chi connectivity index (χ3v) is 10.4. The highest BCUT2D eigenvalue weighted by Gasteiger charge is 2.83. The van der Waals surface area contributed by atoms with Gasteiger partial charge in [-0.2, -0.15) is 0 Å². The van der Waals surface area contributed by atoms with Crippen molar-refractivity contribution in [1.82, 2.24) is 4.90 Å². The minimum Gasteiger partial charge on any atom is -0.469 e. The fourth-order valence-corrected chi connectivity index (χ4v) is 9.56. The molecule has 6 aliphatic rings. The fraction of sp³-hybridized carbons (Fsp3) is 0.870. The summed E-state index contributed by atoms with van der Waals surface area (Å²) in [6, 6.07) is 0. The van der Waals surface area contributed by atoms with E-state index in [-0.39, 0.29) is 42.2 Å². The van der Waals surface area contributed by atoms with Crippen molar-refractivity contribution in [3.63, 3.8) is 0 Å². The van der Waals surface area contributed by atoms with Crippen LogP contribution in [0.4, 0.5) is 0 Å². The maximum Gasteiger partial charge on any atom is 0.309 e. The molecule has 3 N–H and O–H groups in total. The molecule has 0 radical (unpaired) electrons. The lowest BCUT2D eigenvalue weighted by Crippen LogP contribution is -2.79. The Kier molecular flexibility index (Phi) is 3.65. The number of aliphatic hydroxyl groups is 3. The van der Waals surface area contributed by atoms with Gasteiger partial charge < -0.3 is 20.1 Å². The maximum absolute atomic E-state index is 12.9. The van der Waals surface area contributed by atoms with Crippen LogP contribution in [0.25, 0.3) is 0 Å². The Morgan fingerprint density at radius 2 is 2.03 bits per heavy atom. The number of carbonyl (C=O) groups excluding carboxylic acids is 1. The smallest absolute Gasteiger partial charge is 0.309 e. The van der Waals surface area contributed by atoms with E-state index in [1.165, 1.54) is 18.3 Å². The van der Waals surface area contributed by atoms with Gasteiger partial charge in [-0.25, -0.2) is 0 Å². The monoisotopic (exact) mass is 403 g/mol. The van der Waals surface area contributed by atoms with E-state index in [1.54, 1.807) is 0 Å². The highest BCUT2D eigenvalue weighted by Crippen LogP contribution is 2.79. The molecule has 6 heteroatoms. The molecule has 2 heterocycles. The summed E-state index contributed by atoms with van der Waals surface area (Å²) in [4.78, 5) is 15.1. The quantitative estimate of drug-likeness (QED) is 0.476. The van der Waals surface area contributed by atoms with E-state index in [4.69, 9.17) is 4.74 Å². The van der Waals surface area contributed by atoms with Gasteiger partial charge >= 0.3 is 5.97 Å². The number of piperidine rings is 1. The first-order chi connectivity index (χ1) is 13.9. The maximum atomic E-state index is 12.9. The summed E-state index contributed by atoms with van der Waals surface area (Å²) in [5, 5.41) is 35.2. The molecule has 0 unspecified atom stereocenters. The van der Waals surface area contributed by atoms with Crippen molar-refractivity contribution in [1.29, 1.82) is 0 Å². The highest BCUT2D eigenvalue weighted by atomic mass is 16.5. The van der Waals surface area contributed by atoms with Crippen LogP contribution in [0.15, 0.2) is 11.1 Å². The van der Waals surface area contributed by atoms with Gasteiger partial charge in [0, 0.05) is 29.8 Å². The van der Waals surface area contributed by atoms with Gasteiger partial charge in [-0.1, -0.05) is 18.1 Å². The van der Waals surface area contributed by atoms with Crippen molar-refractivity contribution in [3.05, 3.63) is 11.1 Å². The van der Waals surface area contributed by atoms with Crippen molar-refractivity contribution in [2.24, 2.45) is 40.4 Å². The molecular formula is C23H33NO5. The highest BCUT2D eigenvalue weighted by molar-refractivity contribution is 5.75. The number of allylic oxidation sites excluding steroid dienone is 1. The summed E-state index contributed by atoms with van der Waals surface area (Å²) in [6.45, 7) is 3.60. The molecule has 160 valence electrons. The SMILES string of the molecule is COC(=O)[C@@H]1C[C@@]23C4=C(CC[C@H]5CN6C[C@H](C)[C@@H](C[C@@H](O)[C@@]52CO)[C@]63O)CC[C@@H]41. The molecule has 29 heavy (non-hydrogen) atoms. The Morgan fingerprint density at radius 1 is 1.28 bits per heavy atom. The summed E-state index contributed by atoms with van der Waals surface area (Å²) >= 11 is 0. The van der Waals surface area contributed by atoms with Crippen molar-refractivity contribution < 1.29 is 24.9 Å². The number of nitrogens with zero attached hydrogens (tertiary/aromatic N) is 1. The van der Waals surface area contributed by atoms with Gasteiger partial charge in [-0.15, -0.1) is 0 Å². The Labute approximate surface area is 171 Å². The first kappa shape index (κ1) is 18.8. The molecule has 0 aromatic rings. The molecule has 2 saturated heterocycles. The molecule has 2 saturated carbocycles. The summed E-state index contributed by atoms with van der Waals surface area (Å²) < 4.78 is 5.21. The van der Waals surface area contributed by atoms with Crippen LogP contribution in [0.3, 0.4) is 0 Å². The largest absolute Gasteiger partial charge is 0.469 e. The van der Waals surface area contributed by atoms with E-state index in [0.717, 1.165) is 38.8 Å². The molecule has 0 amide bonds. The lowest BCUT2D eigenvalue weighted by molar-refractivity contribution is -0.332. The average Bonchev–Trinajstić information content (AvgIpc) is 3.32. The molecule has 1 spiro atoms. The van der Waals surface area contributed by atoms with E-state index in [1.807, 2.05) is 0 Å². The summed E-state index contributed by atoms with van der Waals surface area (Å²) in [6.07, 6.45) is 4.16. The number of esters is 1. The molecule has 6 rings (SSSR count). The van der Waals surface area contributed by atoms with E-state index in [0.29, 0.717) is 12.8 Å². The molecule has 4 aliphatic carbocycles. The average molecular weight is 404 g/mol. The van der Waals surface area contributed by atoms with Crippen LogP contribution in [0.2, 0.25) is 0 Å². The van der Waals surface area contributed by atoms with E-state index in [2.05, 4.69) is 11.8 Å².